The fourth-order valence-electron chi connectivity index (χ4n) is 4.37. The number of aromatic nitrogens is 1. The zero-order valence-electron chi connectivity index (χ0n) is 18.9. The van der Waals surface area contributed by atoms with Gasteiger partial charge < -0.3 is 18.9 Å². The molecule has 0 spiro atoms. The molecular weight excluding hydrogens is 476 g/mol. The predicted molar refractivity (Wildman–Crippen MR) is 124 cm³/mol. The highest BCUT2D eigenvalue weighted by molar-refractivity contribution is 9.10. The van der Waals surface area contributed by atoms with Crippen molar-refractivity contribution in [3.05, 3.63) is 56.8 Å². The van der Waals surface area contributed by atoms with Crippen LogP contribution in [0.4, 0.5) is 0 Å². The second-order valence-corrected chi connectivity index (χ2v) is 8.84. The van der Waals surface area contributed by atoms with E-state index in [0.29, 0.717) is 47.8 Å². The SMILES string of the molecule is CCn1c(C)c(C(=O)CN(CC2CCCO2)C(=O)c2cccc(Br)c2)c(C)c1C(=O)OC. The Morgan fingerprint density at radius 1 is 1.28 bits per heavy atom. The average Bonchev–Trinajstić information content (AvgIpc) is 3.37. The molecule has 2 heterocycles. The maximum atomic E-state index is 13.5. The molecule has 172 valence electrons. The fraction of sp³-hybridized carbons (Fsp3) is 0.458. The van der Waals surface area contributed by atoms with Gasteiger partial charge in [0.2, 0.25) is 0 Å². The topological polar surface area (TPSA) is 77.8 Å². The maximum absolute atomic E-state index is 13.5. The largest absolute Gasteiger partial charge is 0.464 e. The molecule has 0 aliphatic carbocycles. The summed E-state index contributed by atoms with van der Waals surface area (Å²) in [6.45, 7) is 6.91. The molecule has 0 saturated carbocycles. The van der Waals surface area contributed by atoms with Crippen molar-refractivity contribution >= 4 is 33.6 Å². The van der Waals surface area contributed by atoms with Gasteiger partial charge >= 0.3 is 5.97 Å². The van der Waals surface area contributed by atoms with Crippen molar-refractivity contribution in [2.24, 2.45) is 0 Å². The molecule has 0 radical (unpaired) electrons. The van der Waals surface area contributed by atoms with Crippen molar-refractivity contribution < 1.29 is 23.9 Å². The van der Waals surface area contributed by atoms with Crippen molar-refractivity contribution in [1.29, 1.82) is 0 Å². The number of esters is 1. The van der Waals surface area contributed by atoms with Gasteiger partial charge in [0, 0.05) is 41.0 Å². The van der Waals surface area contributed by atoms with Gasteiger partial charge in [-0.2, -0.15) is 0 Å². The van der Waals surface area contributed by atoms with Gasteiger partial charge in [0.15, 0.2) is 5.78 Å². The van der Waals surface area contributed by atoms with Crippen molar-refractivity contribution in [3.8, 4) is 0 Å². The van der Waals surface area contributed by atoms with Crippen LogP contribution in [-0.2, 0) is 16.0 Å². The van der Waals surface area contributed by atoms with Crippen LogP contribution in [0.3, 0.4) is 0 Å². The highest BCUT2D eigenvalue weighted by Gasteiger charge is 2.30. The van der Waals surface area contributed by atoms with Gasteiger partial charge in [-0.1, -0.05) is 22.0 Å². The summed E-state index contributed by atoms with van der Waals surface area (Å²) in [6.07, 6.45) is 1.71. The van der Waals surface area contributed by atoms with Crippen LogP contribution in [0.25, 0.3) is 0 Å². The average molecular weight is 505 g/mol. The number of hydrogen-bond donors (Lipinski definition) is 0. The first-order valence-electron chi connectivity index (χ1n) is 10.8. The first-order valence-corrected chi connectivity index (χ1v) is 11.5. The van der Waals surface area contributed by atoms with E-state index in [4.69, 9.17) is 9.47 Å². The Hall–Kier alpha value is -2.45. The van der Waals surface area contributed by atoms with E-state index in [-0.39, 0.29) is 24.3 Å². The van der Waals surface area contributed by atoms with Crippen molar-refractivity contribution in [2.45, 2.75) is 46.3 Å². The van der Waals surface area contributed by atoms with Crippen LogP contribution in [0, 0.1) is 13.8 Å². The van der Waals surface area contributed by atoms with Gasteiger partial charge in [0.25, 0.3) is 5.91 Å². The molecule has 1 fully saturated rings. The highest BCUT2D eigenvalue weighted by Crippen LogP contribution is 2.25. The predicted octanol–water partition coefficient (Wildman–Crippen LogP) is 4.18. The minimum Gasteiger partial charge on any atom is -0.464 e. The number of nitrogens with zero attached hydrogens (tertiary/aromatic N) is 2. The van der Waals surface area contributed by atoms with Gasteiger partial charge in [-0.3, -0.25) is 9.59 Å². The number of ketones is 1. The number of carbonyl (C=O) groups excluding carboxylic acids is 3. The summed E-state index contributed by atoms with van der Waals surface area (Å²) in [4.78, 5) is 40.7. The lowest BCUT2D eigenvalue weighted by atomic mass is 10.0. The van der Waals surface area contributed by atoms with Gasteiger partial charge in [0.1, 0.15) is 5.69 Å². The first-order chi connectivity index (χ1) is 15.3. The lowest BCUT2D eigenvalue weighted by molar-refractivity contribution is 0.0506. The third kappa shape index (κ3) is 4.96. The summed E-state index contributed by atoms with van der Waals surface area (Å²) in [7, 11) is 1.32. The number of ether oxygens (including phenoxy) is 2. The molecule has 1 unspecified atom stereocenters. The minimum atomic E-state index is -0.479. The lowest BCUT2D eigenvalue weighted by Crippen LogP contribution is -2.41. The summed E-state index contributed by atoms with van der Waals surface area (Å²) in [5.41, 5.74) is 2.61. The van der Waals surface area contributed by atoms with Crippen LogP contribution < -0.4 is 0 Å². The molecule has 1 aromatic heterocycles. The summed E-state index contributed by atoms with van der Waals surface area (Å²) >= 11 is 3.40. The Morgan fingerprint density at radius 3 is 2.62 bits per heavy atom. The second-order valence-electron chi connectivity index (χ2n) is 7.92. The van der Waals surface area contributed by atoms with E-state index in [9.17, 15) is 14.4 Å². The molecule has 7 nitrogen and oxygen atoms in total. The summed E-state index contributed by atoms with van der Waals surface area (Å²) in [6, 6.07) is 7.12. The lowest BCUT2D eigenvalue weighted by Gasteiger charge is -2.25. The zero-order chi connectivity index (χ0) is 23.4. The maximum Gasteiger partial charge on any atom is 0.354 e. The smallest absolute Gasteiger partial charge is 0.354 e. The molecule has 1 atom stereocenters. The molecule has 1 amide bonds. The standard InChI is InChI=1S/C24H29BrN2O5/c1-5-27-16(3)21(15(2)22(27)24(30)31-4)20(28)14-26(13-19-10-7-11-32-19)23(29)17-8-6-9-18(25)12-17/h6,8-9,12,19H,5,7,10-11,13-14H2,1-4H3. The van der Waals surface area contributed by atoms with Crippen LogP contribution in [-0.4, -0.2) is 60.0 Å². The van der Waals surface area contributed by atoms with Gasteiger partial charge in [-0.15, -0.1) is 0 Å². The van der Waals surface area contributed by atoms with E-state index in [2.05, 4.69) is 15.9 Å². The van der Waals surface area contributed by atoms with Crippen LogP contribution in [0.15, 0.2) is 28.7 Å². The van der Waals surface area contributed by atoms with Crippen LogP contribution >= 0.6 is 15.9 Å². The Labute approximate surface area is 196 Å². The van der Waals surface area contributed by atoms with Crippen molar-refractivity contribution in [1.82, 2.24) is 9.47 Å². The molecule has 2 aromatic rings. The van der Waals surface area contributed by atoms with E-state index in [0.717, 1.165) is 17.3 Å². The van der Waals surface area contributed by atoms with E-state index < -0.39 is 5.97 Å². The molecule has 1 aromatic carbocycles. The molecule has 0 N–H and O–H groups in total. The quantitative estimate of drug-likeness (QED) is 0.398. The van der Waals surface area contributed by atoms with Gasteiger partial charge in [-0.25, -0.2) is 4.79 Å². The molecule has 32 heavy (non-hydrogen) atoms. The number of Topliss-reactive ketones (excluding diaryl/α,β-unsaturated/α-hetero) is 1. The van der Waals surface area contributed by atoms with Crippen molar-refractivity contribution in [3.63, 3.8) is 0 Å². The molecule has 1 aliphatic heterocycles. The molecule has 8 heteroatoms. The second kappa shape index (κ2) is 10.4. The number of carbonyl (C=O) groups is 3. The van der Waals surface area contributed by atoms with Gasteiger partial charge in [-0.05, 0) is 57.4 Å². The normalized spacial score (nSPS) is 15.6. The summed E-state index contributed by atoms with van der Waals surface area (Å²) in [5.74, 6) is -0.916. The Kier molecular flexibility index (Phi) is 7.90. The molecule has 3 rings (SSSR count). The molecular formula is C24H29BrN2O5. The van der Waals surface area contributed by atoms with Crippen LogP contribution in [0.1, 0.15) is 62.2 Å². The minimum absolute atomic E-state index is 0.0908. The Bertz CT molecular complexity index is 1020. The number of rotatable bonds is 8. The van der Waals surface area contributed by atoms with Crippen molar-refractivity contribution in [2.75, 3.05) is 26.8 Å². The third-order valence-electron chi connectivity index (χ3n) is 5.88. The Morgan fingerprint density at radius 2 is 2.03 bits per heavy atom. The number of halogens is 1. The monoisotopic (exact) mass is 504 g/mol. The van der Waals surface area contributed by atoms with Gasteiger partial charge in [0.05, 0.1) is 19.8 Å². The molecule has 0 bridgehead atoms. The number of amides is 1. The summed E-state index contributed by atoms with van der Waals surface area (Å²) in [5, 5.41) is 0. The highest BCUT2D eigenvalue weighted by atomic mass is 79.9. The number of benzene rings is 1. The number of methoxy groups -OCH3 is 1. The summed E-state index contributed by atoms with van der Waals surface area (Å²) < 4.78 is 13.2. The zero-order valence-corrected chi connectivity index (χ0v) is 20.5. The van der Waals surface area contributed by atoms with E-state index in [1.54, 1.807) is 34.6 Å². The fourth-order valence-corrected chi connectivity index (χ4v) is 4.77. The van der Waals surface area contributed by atoms with E-state index in [1.165, 1.54) is 7.11 Å². The first kappa shape index (κ1) is 24.2. The van der Waals surface area contributed by atoms with Crippen LogP contribution in [0.5, 0.6) is 0 Å². The Balaban J connectivity index is 1.94. The van der Waals surface area contributed by atoms with E-state index in [1.807, 2.05) is 19.9 Å². The number of hydrogen-bond acceptors (Lipinski definition) is 5. The van der Waals surface area contributed by atoms with Crippen LogP contribution in [0.2, 0.25) is 0 Å². The molecule has 1 saturated heterocycles. The molecule has 1 aliphatic rings. The van der Waals surface area contributed by atoms with E-state index >= 15 is 0 Å². The third-order valence-corrected chi connectivity index (χ3v) is 6.38.